The molecule has 78 valence electrons. The van der Waals surface area contributed by atoms with Gasteiger partial charge >= 0.3 is 5.97 Å². The molecule has 3 unspecified atom stereocenters. The van der Waals surface area contributed by atoms with Crippen LogP contribution in [0.4, 0.5) is 0 Å². The van der Waals surface area contributed by atoms with E-state index < -0.39 is 0 Å². The van der Waals surface area contributed by atoms with Crippen molar-refractivity contribution in [3.8, 4) is 0 Å². The molecule has 3 saturated carbocycles. The Morgan fingerprint density at radius 3 is 2.64 bits per heavy atom. The maximum atomic E-state index is 11.3. The molecule has 4 fully saturated rings. The van der Waals surface area contributed by atoms with Gasteiger partial charge in [0.15, 0.2) is 0 Å². The van der Waals surface area contributed by atoms with Crippen LogP contribution < -0.4 is 0 Å². The third-order valence-corrected chi connectivity index (χ3v) is 5.09. The van der Waals surface area contributed by atoms with Crippen LogP contribution in [0.2, 0.25) is 0 Å². The maximum absolute atomic E-state index is 11.3. The van der Waals surface area contributed by atoms with Gasteiger partial charge in [0.25, 0.3) is 0 Å². The number of ether oxygens (including phenoxy) is 1. The van der Waals surface area contributed by atoms with E-state index in [1.807, 2.05) is 0 Å². The molecule has 4 aliphatic rings. The average molecular weight is 194 g/mol. The van der Waals surface area contributed by atoms with Crippen LogP contribution in [0.25, 0.3) is 0 Å². The van der Waals surface area contributed by atoms with Gasteiger partial charge in [-0.25, -0.2) is 0 Å². The lowest BCUT2D eigenvalue weighted by molar-refractivity contribution is -0.208. The number of carbonyl (C=O) groups excluding carboxylic acids is 1. The molecular formula is C12H18O2. The van der Waals surface area contributed by atoms with Crippen LogP contribution >= 0.6 is 0 Å². The van der Waals surface area contributed by atoms with Crippen molar-refractivity contribution >= 4 is 5.97 Å². The number of hydrogen-bond acceptors (Lipinski definition) is 2. The molecule has 2 bridgehead atoms. The van der Waals surface area contributed by atoms with E-state index in [9.17, 15) is 4.79 Å². The molecule has 2 nitrogen and oxygen atoms in total. The monoisotopic (exact) mass is 194 g/mol. The zero-order valence-electron chi connectivity index (χ0n) is 9.01. The Hall–Kier alpha value is -0.530. The van der Waals surface area contributed by atoms with Gasteiger partial charge in [0.1, 0.15) is 5.60 Å². The van der Waals surface area contributed by atoms with Gasteiger partial charge < -0.3 is 4.74 Å². The second kappa shape index (κ2) is 2.34. The van der Waals surface area contributed by atoms with Gasteiger partial charge in [0.2, 0.25) is 0 Å². The first-order valence-corrected chi connectivity index (χ1v) is 5.76. The lowest BCUT2D eigenvalue weighted by atomic mass is 9.44. The van der Waals surface area contributed by atoms with E-state index in [-0.39, 0.29) is 11.6 Å². The Balaban J connectivity index is 1.91. The van der Waals surface area contributed by atoms with Gasteiger partial charge in [0.05, 0.1) is 0 Å². The molecule has 14 heavy (non-hydrogen) atoms. The first-order valence-electron chi connectivity index (χ1n) is 5.76. The molecule has 1 aliphatic heterocycles. The van der Waals surface area contributed by atoms with E-state index in [1.165, 1.54) is 12.8 Å². The van der Waals surface area contributed by atoms with Crippen molar-refractivity contribution in [2.75, 3.05) is 0 Å². The van der Waals surface area contributed by atoms with Crippen molar-refractivity contribution in [3.05, 3.63) is 0 Å². The fourth-order valence-corrected chi connectivity index (χ4v) is 4.06. The molecule has 0 aromatic carbocycles. The second-order valence-corrected chi connectivity index (χ2v) is 5.88. The number of fused-ring (bicyclic) bond motifs is 1. The van der Waals surface area contributed by atoms with Crippen LogP contribution in [-0.2, 0) is 9.53 Å². The Morgan fingerprint density at radius 2 is 2.14 bits per heavy atom. The van der Waals surface area contributed by atoms with E-state index >= 15 is 0 Å². The first-order chi connectivity index (χ1) is 6.55. The molecule has 1 spiro atoms. The second-order valence-electron chi connectivity index (χ2n) is 5.88. The van der Waals surface area contributed by atoms with Gasteiger partial charge in [-0.3, -0.25) is 4.79 Å². The highest BCUT2D eigenvalue weighted by Gasteiger charge is 2.64. The van der Waals surface area contributed by atoms with E-state index in [0.717, 1.165) is 18.8 Å². The minimum absolute atomic E-state index is 0.0335. The van der Waals surface area contributed by atoms with Crippen molar-refractivity contribution in [2.45, 2.75) is 51.6 Å². The molecule has 0 aromatic heterocycles. The minimum Gasteiger partial charge on any atom is -0.459 e. The fourth-order valence-electron chi connectivity index (χ4n) is 4.06. The van der Waals surface area contributed by atoms with Crippen molar-refractivity contribution in [2.24, 2.45) is 17.3 Å². The van der Waals surface area contributed by atoms with E-state index in [2.05, 4.69) is 13.8 Å². The zero-order chi connectivity index (χ0) is 9.97. The lowest BCUT2D eigenvalue weighted by Gasteiger charge is -2.63. The standard InChI is InChI=1S/C12H18O2/c1-11(2)8-3-5-12(9(11)7-8)6-4-10(13)14-12/h8-9H,3-7H2,1-2H3. The maximum Gasteiger partial charge on any atom is 0.306 e. The van der Waals surface area contributed by atoms with E-state index in [4.69, 9.17) is 4.74 Å². The predicted octanol–water partition coefficient (Wildman–Crippen LogP) is 2.52. The molecule has 3 atom stereocenters. The predicted molar refractivity (Wildman–Crippen MR) is 52.7 cm³/mol. The number of hydrogen-bond donors (Lipinski definition) is 0. The fraction of sp³-hybridized carbons (Fsp3) is 0.917. The van der Waals surface area contributed by atoms with Gasteiger partial charge in [-0.05, 0) is 37.0 Å². The van der Waals surface area contributed by atoms with Crippen LogP contribution in [0.1, 0.15) is 46.0 Å². The summed E-state index contributed by atoms with van der Waals surface area (Å²) in [5, 5.41) is 0. The minimum atomic E-state index is -0.0463. The summed E-state index contributed by atoms with van der Waals surface area (Å²) in [4.78, 5) is 11.3. The van der Waals surface area contributed by atoms with Gasteiger partial charge in [-0.1, -0.05) is 13.8 Å². The molecule has 0 aromatic rings. The first kappa shape index (κ1) is 8.75. The molecular weight excluding hydrogens is 176 g/mol. The van der Waals surface area contributed by atoms with Crippen LogP contribution in [0.5, 0.6) is 0 Å². The largest absolute Gasteiger partial charge is 0.459 e. The number of rotatable bonds is 0. The Morgan fingerprint density at radius 1 is 1.36 bits per heavy atom. The normalized spacial score (nSPS) is 48.9. The highest BCUT2D eigenvalue weighted by molar-refractivity contribution is 5.72. The summed E-state index contributed by atoms with van der Waals surface area (Å²) < 4.78 is 5.64. The van der Waals surface area contributed by atoms with E-state index in [1.54, 1.807) is 0 Å². The van der Waals surface area contributed by atoms with Crippen molar-refractivity contribution in [1.29, 1.82) is 0 Å². The van der Waals surface area contributed by atoms with Gasteiger partial charge in [-0.15, -0.1) is 0 Å². The third-order valence-electron chi connectivity index (χ3n) is 5.09. The summed E-state index contributed by atoms with van der Waals surface area (Å²) in [5.74, 6) is 1.56. The summed E-state index contributed by atoms with van der Waals surface area (Å²) in [5.41, 5.74) is 0.373. The molecule has 1 saturated heterocycles. The number of esters is 1. The molecule has 0 N–H and O–H groups in total. The van der Waals surface area contributed by atoms with Gasteiger partial charge in [-0.2, -0.15) is 0 Å². The molecule has 0 radical (unpaired) electrons. The summed E-state index contributed by atoms with van der Waals surface area (Å²) in [7, 11) is 0. The van der Waals surface area contributed by atoms with Crippen molar-refractivity contribution < 1.29 is 9.53 Å². The van der Waals surface area contributed by atoms with E-state index in [0.29, 0.717) is 17.8 Å². The third kappa shape index (κ3) is 0.850. The molecule has 2 heteroatoms. The summed E-state index contributed by atoms with van der Waals surface area (Å²) >= 11 is 0. The van der Waals surface area contributed by atoms with Gasteiger partial charge in [0, 0.05) is 12.3 Å². The van der Waals surface area contributed by atoms with Crippen LogP contribution in [0, 0.1) is 17.3 Å². The average Bonchev–Trinajstić information content (AvgIpc) is 2.47. The molecule has 0 amide bonds. The smallest absolute Gasteiger partial charge is 0.306 e. The Bertz CT molecular complexity index is 293. The molecule has 4 rings (SSSR count). The SMILES string of the molecule is CC1(C)C2CCC3(CCC(=O)O3)C1C2. The summed E-state index contributed by atoms with van der Waals surface area (Å²) in [6, 6.07) is 0. The Kier molecular flexibility index (Phi) is 1.46. The summed E-state index contributed by atoms with van der Waals surface area (Å²) in [6.45, 7) is 4.69. The van der Waals surface area contributed by atoms with Crippen molar-refractivity contribution in [1.82, 2.24) is 0 Å². The highest BCUT2D eigenvalue weighted by atomic mass is 16.6. The zero-order valence-corrected chi connectivity index (χ0v) is 9.01. The highest BCUT2D eigenvalue weighted by Crippen LogP contribution is 2.65. The Labute approximate surface area is 85.0 Å². The van der Waals surface area contributed by atoms with Crippen LogP contribution in [0.15, 0.2) is 0 Å². The topological polar surface area (TPSA) is 26.3 Å². The lowest BCUT2D eigenvalue weighted by Crippen LogP contribution is -2.61. The molecule has 3 aliphatic carbocycles. The molecule has 1 heterocycles. The van der Waals surface area contributed by atoms with Crippen LogP contribution in [0.3, 0.4) is 0 Å². The van der Waals surface area contributed by atoms with Crippen LogP contribution in [-0.4, -0.2) is 11.6 Å². The quantitative estimate of drug-likeness (QED) is 0.554. The number of carbonyl (C=O) groups is 1. The summed E-state index contributed by atoms with van der Waals surface area (Å²) in [6.07, 6.45) is 5.30. The van der Waals surface area contributed by atoms with Crippen molar-refractivity contribution in [3.63, 3.8) is 0 Å².